The van der Waals surface area contributed by atoms with Crippen LogP contribution in [0.3, 0.4) is 0 Å². The summed E-state index contributed by atoms with van der Waals surface area (Å²) >= 11 is 0. The molecule has 0 bridgehead atoms. The molecule has 4 nitrogen and oxygen atoms in total. The first kappa shape index (κ1) is 20.3. The highest BCUT2D eigenvalue weighted by Crippen LogP contribution is 2.29. The number of nitrogens with zero attached hydrogens (tertiary/aromatic N) is 2. The average molecular weight is 384 g/mol. The number of nitrogens with one attached hydrogen (secondary N) is 1. The first-order chi connectivity index (χ1) is 13.4. The molecule has 150 valence electrons. The van der Waals surface area contributed by atoms with Crippen LogP contribution in [0.2, 0.25) is 0 Å². The normalized spacial score (nSPS) is 15.1. The molecule has 0 atom stereocenters. The van der Waals surface area contributed by atoms with Crippen LogP contribution in [0.4, 0.5) is 10.1 Å². The van der Waals surface area contributed by atoms with Gasteiger partial charge in [0.25, 0.3) is 0 Å². The second kappa shape index (κ2) is 9.20. The molecule has 1 aliphatic heterocycles. The molecule has 1 heterocycles. The van der Waals surface area contributed by atoms with Crippen molar-refractivity contribution in [1.29, 1.82) is 0 Å². The van der Waals surface area contributed by atoms with Gasteiger partial charge < -0.3 is 10.2 Å². The molecule has 3 rings (SSSR count). The van der Waals surface area contributed by atoms with Gasteiger partial charge in [-0.3, -0.25) is 9.69 Å². The van der Waals surface area contributed by atoms with Crippen LogP contribution in [0.1, 0.15) is 43.4 Å². The Morgan fingerprint density at radius 3 is 2.29 bits per heavy atom. The van der Waals surface area contributed by atoms with Gasteiger partial charge in [0.05, 0.1) is 0 Å². The first-order valence-electron chi connectivity index (χ1n) is 10.0. The summed E-state index contributed by atoms with van der Waals surface area (Å²) in [5.41, 5.74) is 4.65. The number of rotatable bonds is 6. The molecular formula is C23H30FN3O. The van der Waals surface area contributed by atoms with Crippen molar-refractivity contribution >= 4 is 11.6 Å². The van der Waals surface area contributed by atoms with Gasteiger partial charge in [0, 0.05) is 51.9 Å². The lowest BCUT2D eigenvalue weighted by molar-refractivity contribution is -0.119. The van der Waals surface area contributed by atoms with E-state index in [0.29, 0.717) is 12.5 Å². The summed E-state index contributed by atoms with van der Waals surface area (Å²) in [7, 11) is 0. The van der Waals surface area contributed by atoms with Crippen LogP contribution in [-0.4, -0.2) is 37.0 Å². The first-order valence-corrected chi connectivity index (χ1v) is 10.0. The van der Waals surface area contributed by atoms with E-state index in [9.17, 15) is 9.18 Å². The summed E-state index contributed by atoms with van der Waals surface area (Å²) < 4.78 is 13.6. The number of carbonyl (C=O) groups excluding carboxylic acids is 1. The highest BCUT2D eigenvalue weighted by molar-refractivity contribution is 5.72. The van der Waals surface area contributed by atoms with Crippen LogP contribution in [-0.2, 0) is 17.9 Å². The lowest BCUT2D eigenvalue weighted by atomic mass is 9.99. The van der Waals surface area contributed by atoms with Gasteiger partial charge in [0.15, 0.2) is 0 Å². The van der Waals surface area contributed by atoms with Crippen molar-refractivity contribution in [3.63, 3.8) is 0 Å². The molecule has 5 heteroatoms. The van der Waals surface area contributed by atoms with E-state index < -0.39 is 0 Å². The van der Waals surface area contributed by atoms with Crippen molar-refractivity contribution in [2.45, 2.75) is 39.8 Å². The highest BCUT2D eigenvalue weighted by atomic mass is 19.1. The summed E-state index contributed by atoms with van der Waals surface area (Å²) in [6.45, 7) is 11.1. The van der Waals surface area contributed by atoms with E-state index >= 15 is 0 Å². The molecule has 2 aromatic rings. The third kappa shape index (κ3) is 5.32. The molecular weight excluding hydrogens is 353 g/mol. The van der Waals surface area contributed by atoms with Gasteiger partial charge in [-0.1, -0.05) is 38.1 Å². The zero-order chi connectivity index (χ0) is 20.1. The molecule has 0 radical (unpaired) electrons. The molecule has 0 saturated carbocycles. The van der Waals surface area contributed by atoms with Gasteiger partial charge in [-0.05, 0) is 40.8 Å². The van der Waals surface area contributed by atoms with Crippen molar-refractivity contribution in [2.24, 2.45) is 0 Å². The third-order valence-corrected chi connectivity index (χ3v) is 5.30. The third-order valence-electron chi connectivity index (χ3n) is 5.30. The zero-order valence-electron chi connectivity index (χ0n) is 17.0. The number of carbonyl (C=O) groups is 1. The number of piperazine rings is 1. The Labute approximate surface area is 167 Å². The lowest BCUT2D eigenvalue weighted by Crippen LogP contribution is -2.46. The summed E-state index contributed by atoms with van der Waals surface area (Å²) in [5, 5.41) is 2.82. The molecule has 0 unspecified atom stereocenters. The fourth-order valence-electron chi connectivity index (χ4n) is 3.67. The maximum Gasteiger partial charge on any atom is 0.217 e. The monoisotopic (exact) mass is 383 g/mol. The fourth-order valence-corrected chi connectivity index (χ4v) is 3.67. The maximum absolute atomic E-state index is 13.6. The topological polar surface area (TPSA) is 35.6 Å². The minimum absolute atomic E-state index is 0.0104. The van der Waals surface area contributed by atoms with E-state index in [1.807, 2.05) is 6.07 Å². The fraction of sp³-hybridized carbons (Fsp3) is 0.435. The van der Waals surface area contributed by atoms with Crippen LogP contribution >= 0.6 is 0 Å². The smallest absolute Gasteiger partial charge is 0.217 e. The van der Waals surface area contributed by atoms with Gasteiger partial charge in [-0.2, -0.15) is 0 Å². The number of hydrogen-bond acceptors (Lipinski definition) is 3. The Morgan fingerprint density at radius 2 is 1.68 bits per heavy atom. The van der Waals surface area contributed by atoms with E-state index in [0.717, 1.165) is 43.9 Å². The molecule has 28 heavy (non-hydrogen) atoms. The number of benzene rings is 2. The zero-order valence-corrected chi connectivity index (χ0v) is 17.0. The van der Waals surface area contributed by atoms with Crippen molar-refractivity contribution < 1.29 is 9.18 Å². The Kier molecular flexibility index (Phi) is 6.68. The van der Waals surface area contributed by atoms with Gasteiger partial charge in [-0.15, -0.1) is 0 Å². The predicted molar refractivity (Wildman–Crippen MR) is 112 cm³/mol. The number of anilines is 1. The summed E-state index contributed by atoms with van der Waals surface area (Å²) in [6.07, 6.45) is 0. The maximum atomic E-state index is 13.6. The van der Waals surface area contributed by atoms with Crippen LogP contribution in [0, 0.1) is 5.82 Å². The average Bonchev–Trinajstić information content (AvgIpc) is 2.68. The molecule has 1 aliphatic rings. The van der Waals surface area contributed by atoms with Crippen LogP contribution in [0.15, 0.2) is 42.5 Å². The lowest BCUT2D eigenvalue weighted by Gasteiger charge is -2.37. The van der Waals surface area contributed by atoms with Gasteiger partial charge in [0.1, 0.15) is 5.82 Å². The number of hydrogen-bond donors (Lipinski definition) is 1. The van der Waals surface area contributed by atoms with E-state index in [1.165, 1.54) is 18.2 Å². The van der Waals surface area contributed by atoms with Gasteiger partial charge in [0.2, 0.25) is 5.91 Å². The largest absolute Gasteiger partial charge is 0.369 e. The standard InChI is InChI=1S/C23H30FN3O/c1-17(2)22-14-21(24)8-9-23(22)27-12-10-26(11-13-27)16-20-6-4-19(5-7-20)15-25-18(3)28/h4-9,14,17H,10-13,15-16H2,1-3H3,(H,25,28). The molecule has 0 spiro atoms. The van der Waals surface area contributed by atoms with Crippen LogP contribution in [0.25, 0.3) is 0 Å². The second-order valence-corrected chi connectivity index (χ2v) is 7.85. The Balaban J connectivity index is 1.55. The Morgan fingerprint density at radius 1 is 1.04 bits per heavy atom. The van der Waals surface area contributed by atoms with E-state index in [1.54, 1.807) is 12.1 Å². The minimum Gasteiger partial charge on any atom is -0.369 e. The van der Waals surface area contributed by atoms with Crippen molar-refractivity contribution in [1.82, 2.24) is 10.2 Å². The van der Waals surface area contributed by atoms with Crippen molar-refractivity contribution in [3.05, 3.63) is 65.0 Å². The summed E-state index contributed by atoms with van der Waals surface area (Å²) in [6, 6.07) is 13.6. The van der Waals surface area contributed by atoms with Crippen LogP contribution < -0.4 is 10.2 Å². The van der Waals surface area contributed by atoms with Crippen molar-refractivity contribution in [2.75, 3.05) is 31.1 Å². The molecule has 2 aromatic carbocycles. The summed E-state index contributed by atoms with van der Waals surface area (Å²) in [5.74, 6) is 0.136. The highest BCUT2D eigenvalue weighted by Gasteiger charge is 2.20. The van der Waals surface area contributed by atoms with E-state index in [2.05, 4.69) is 53.2 Å². The van der Waals surface area contributed by atoms with Gasteiger partial charge in [-0.25, -0.2) is 4.39 Å². The van der Waals surface area contributed by atoms with E-state index in [-0.39, 0.29) is 11.7 Å². The van der Waals surface area contributed by atoms with Crippen LogP contribution in [0.5, 0.6) is 0 Å². The molecule has 0 aromatic heterocycles. The SMILES string of the molecule is CC(=O)NCc1ccc(CN2CCN(c3ccc(F)cc3C(C)C)CC2)cc1. The molecule has 1 amide bonds. The predicted octanol–water partition coefficient (Wildman–Crippen LogP) is 3.91. The quantitative estimate of drug-likeness (QED) is 0.822. The number of amides is 1. The summed E-state index contributed by atoms with van der Waals surface area (Å²) in [4.78, 5) is 15.8. The Bertz CT molecular complexity index is 796. The van der Waals surface area contributed by atoms with Crippen molar-refractivity contribution in [3.8, 4) is 0 Å². The molecule has 0 aliphatic carbocycles. The number of halogens is 1. The molecule has 1 fully saturated rings. The second-order valence-electron chi connectivity index (χ2n) is 7.85. The Hall–Kier alpha value is -2.40. The van der Waals surface area contributed by atoms with E-state index in [4.69, 9.17) is 0 Å². The minimum atomic E-state index is -0.159. The van der Waals surface area contributed by atoms with Gasteiger partial charge >= 0.3 is 0 Å². The molecule has 1 saturated heterocycles. The molecule has 1 N–H and O–H groups in total.